The maximum Gasteiger partial charge on any atom is 0.0600 e. The molecule has 0 aliphatic rings. The number of nitrogens with zero attached hydrogens (tertiary/aromatic N) is 2. The summed E-state index contributed by atoms with van der Waals surface area (Å²) < 4.78 is 5.71. The third kappa shape index (κ3) is 11.0. The molecule has 0 aromatic carbocycles. The Morgan fingerprint density at radius 2 is 1.67 bits per heavy atom. The highest BCUT2D eigenvalue weighted by atomic mass is 16.5. The summed E-state index contributed by atoms with van der Waals surface area (Å²) in [5, 5.41) is 8.98. The molecular formula is C14H32N2O2. The molecule has 0 saturated carbocycles. The first-order valence-corrected chi connectivity index (χ1v) is 7.04. The minimum absolute atomic E-state index is 0.0496. The molecule has 0 heterocycles. The van der Waals surface area contributed by atoms with Crippen LogP contribution in [0, 0.1) is 0 Å². The van der Waals surface area contributed by atoms with Gasteiger partial charge in [-0.25, -0.2) is 0 Å². The van der Waals surface area contributed by atoms with Gasteiger partial charge in [0.25, 0.3) is 0 Å². The maximum atomic E-state index is 8.98. The van der Waals surface area contributed by atoms with Crippen LogP contribution in [0.3, 0.4) is 0 Å². The molecule has 0 rings (SSSR count). The third-order valence-corrected chi connectivity index (χ3v) is 2.76. The SMILES string of the molecule is CCCN(CCO)CCN(C)CCOC(C)(C)C. The van der Waals surface area contributed by atoms with E-state index in [1.165, 1.54) is 0 Å². The van der Waals surface area contributed by atoms with E-state index in [4.69, 9.17) is 9.84 Å². The average Bonchev–Trinajstić information content (AvgIpc) is 2.25. The summed E-state index contributed by atoms with van der Waals surface area (Å²) in [6, 6.07) is 0. The molecule has 110 valence electrons. The average molecular weight is 260 g/mol. The number of hydrogen-bond acceptors (Lipinski definition) is 4. The first-order valence-electron chi connectivity index (χ1n) is 7.04. The summed E-state index contributed by atoms with van der Waals surface area (Å²) in [5.74, 6) is 0. The molecule has 0 aliphatic carbocycles. The Hall–Kier alpha value is -0.160. The van der Waals surface area contributed by atoms with Crippen LogP contribution >= 0.6 is 0 Å². The molecule has 0 aromatic heterocycles. The second kappa shape index (κ2) is 9.73. The topological polar surface area (TPSA) is 35.9 Å². The van der Waals surface area contributed by atoms with E-state index in [-0.39, 0.29) is 12.2 Å². The number of ether oxygens (including phenoxy) is 1. The van der Waals surface area contributed by atoms with E-state index in [0.717, 1.165) is 45.8 Å². The second-order valence-electron chi connectivity index (χ2n) is 5.83. The molecule has 0 amide bonds. The van der Waals surface area contributed by atoms with E-state index >= 15 is 0 Å². The number of aliphatic hydroxyl groups is 1. The van der Waals surface area contributed by atoms with E-state index in [9.17, 15) is 0 Å². The Kier molecular flexibility index (Phi) is 9.64. The molecule has 0 unspecified atom stereocenters. The van der Waals surface area contributed by atoms with Crippen LogP contribution < -0.4 is 0 Å². The second-order valence-corrected chi connectivity index (χ2v) is 5.83. The van der Waals surface area contributed by atoms with E-state index in [1.54, 1.807) is 0 Å². The molecule has 0 fully saturated rings. The lowest BCUT2D eigenvalue weighted by molar-refractivity contribution is -0.0113. The van der Waals surface area contributed by atoms with Crippen molar-refractivity contribution in [1.29, 1.82) is 0 Å². The summed E-state index contributed by atoms with van der Waals surface area (Å²) in [6.45, 7) is 14.3. The van der Waals surface area contributed by atoms with E-state index < -0.39 is 0 Å². The summed E-state index contributed by atoms with van der Waals surface area (Å²) in [5.41, 5.74) is -0.0496. The quantitative estimate of drug-likeness (QED) is 0.645. The van der Waals surface area contributed by atoms with Gasteiger partial charge in [0.05, 0.1) is 18.8 Å². The lowest BCUT2D eigenvalue weighted by Crippen LogP contribution is -2.37. The van der Waals surface area contributed by atoms with Gasteiger partial charge in [0.1, 0.15) is 0 Å². The third-order valence-electron chi connectivity index (χ3n) is 2.76. The van der Waals surface area contributed by atoms with Gasteiger partial charge in [-0.05, 0) is 40.8 Å². The van der Waals surface area contributed by atoms with Gasteiger partial charge in [0.2, 0.25) is 0 Å². The summed E-state index contributed by atoms with van der Waals surface area (Å²) in [6.07, 6.45) is 1.14. The van der Waals surface area contributed by atoms with E-state index in [2.05, 4.69) is 44.5 Å². The molecular weight excluding hydrogens is 228 g/mol. The van der Waals surface area contributed by atoms with Crippen molar-refractivity contribution in [3.05, 3.63) is 0 Å². The molecule has 18 heavy (non-hydrogen) atoms. The Morgan fingerprint density at radius 1 is 1.00 bits per heavy atom. The zero-order valence-corrected chi connectivity index (χ0v) is 12.9. The molecule has 0 spiro atoms. The van der Waals surface area contributed by atoms with Crippen LogP contribution in [0.15, 0.2) is 0 Å². The Morgan fingerprint density at radius 3 is 2.17 bits per heavy atom. The molecule has 0 saturated heterocycles. The van der Waals surface area contributed by atoms with Crippen molar-refractivity contribution >= 4 is 0 Å². The molecule has 4 heteroatoms. The van der Waals surface area contributed by atoms with Crippen molar-refractivity contribution < 1.29 is 9.84 Å². The van der Waals surface area contributed by atoms with E-state index in [0.29, 0.717) is 0 Å². The standard InChI is InChI=1S/C14H32N2O2/c1-6-7-16(10-12-17)9-8-15(5)11-13-18-14(2,3)4/h17H,6-13H2,1-5H3. The van der Waals surface area contributed by atoms with Crippen LogP contribution in [0.5, 0.6) is 0 Å². The van der Waals surface area contributed by atoms with Crippen LogP contribution in [-0.2, 0) is 4.74 Å². The fourth-order valence-electron chi connectivity index (χ4n) is 1.72. The van der Waals surface area contributed by atoms with E-state index in [1.807, 2.05) is 0 Å². The largest absolute Gasteiger partial charge is 0.395 e. The molecule has 0 bridgehead atoms. The first-order chi connectivity index (χ1) is 8.39. The summed E-state index contributed by atoms with van der Waals surface area (Å²) in [7, 11) is 2.12. The molecule has 4 nitrogen and oxygen atoms in total. The van der Waals surface area contributed by atoms with Gasteiger partial charge >= 0.3 is 0 Å². The maximum absolute atomic E-state index is 8.98. The number of rotatable bonds is 10. The lowest BCUT2D eigenvalue weighted by Gasteiger charge is -2.26. The van der Waals surface area contributed by atoms with Crippen molar-refractivity contribution in [3.8, 4) is 0 Å². The molecule has 0 radical (unpaired) electrons. The Labute approximate surface area is 113 Å². The van der Waals surface area contributed by atoms with Crippen LogP contribution in [0.4, 0.5) is 0 Å². The number of likely N-dealkylation sites (N-methyl/N-ethyl adjacent to an activating group) is 1. The summed E-state index contributed by atoms with van der Waals surface area (Å²) in [4.78, 5) is 4.59. The minimum Gasteiger partial charge on any atom is -0.395 e. The molecule has 0 aromatic rings. The predicted octanol–water partition coefficient (Wildman–Crippen LogP) is 1.44. The molecule has 1 N–H and O–H groups in total. The highest BCUT2D eigenvalue weighted by Crippen LogP contribution is 2.05. The summed E-state index contributed by atoms with van der Waals surface area (Å²) >= 11 is 0. The van der Waals surface area contributed by atoms with Crippen molar-refractivity contribution in [2.24, 2.45) is 0 Å². The van der Waals surface area contributed by atoms with Crippen molar-refractivity contribution in [1.82, 2.24) is 9.80 Å². The fourth-order valence-corrected chi connectivity index (χ4v) is 1.72. The predicted molar refractivity (Wildman–Crippen MR) is 77.0 cm³/mol. The van der Waals surface area contributed by atoms with Crippen LogP contribution in [0.2, 0.25) is 0 Å². The number of aliphatic hydroxyl groups excluding tert-OH is 1. The van der Waals surface area contributed by atoms with Crippen molar-refractivity contribution in [2.75, 3.05) is 53.0 Å². The van der Waals surface area contributed by atoms with Gasteiger partial charge < -0.3 is 14.7 Å². The first kappa shape index (κ1) is 17.8. The highest BCUT2D eigenvalue weighted by molar-refractivity contribution is 4.62. The number of hydrogen-bond donors (Lipinski definition) is 1. The van der Waals surface area contributed by atoms with Crippen LogP contribution in [0.25, 0.3) is 0 Å². The Bertz CT molecular complexity index is 187. The van der Waals surface area contributed by atoms with Gasteiger partial charge in [-0.1, -0.05) is 6.92 Å². The van der Waals surface area contributed by atoms with Crippen LogP contribution in [-0.4, -0.2) is 73.5 Å². The molecule has 0 aliphatic heterocycles. The van der Waals surface area contributed by atoms with Gasteiger partial charge in [0, 0.05) is 26.2 Å². The fraction of sp³-hybridized carbons (Fsp3) is 1.00. The van der Waals surface area contributed by atoms with Gasteiger partial charge in [-0.3, -0.25) is 4.90 Å². The monoisotopic (exact) mass is 260 g/mol. The normalized spacial score (nSPS) is 12.7. The van der Waals surface area contributed by atoms with Crippen molar-refractivity contribution in [3.63, 3.8) is 0 Å². The minimum atomic E-state index is -0.0496. The van der Waals surface area contributed by atoms with Crippen molar-refractivity contribution in [2.45, 2.75) is 39.7 Å². The van der Waals surface area contributed by atoms with Gasteiger partial charge in [-0.15, -0.1) is 0 Å². The van der Waals surface area contributed by atoms with Gasteiger partial charge in [-0.2, -0.15) is 0 Å². The zero-order valence-electron chi connectivity index (χ0n) is 12.9. The highest BCUT2D eigenvalue weighted by Gasteiger charge is 2.10. The van der Waals surface area contributed by atoms with Gasteiger partial charge in [0.15, 0.2) is 0 Å². The smallest absolute Gasteiger partial charge is 0.0600 e. The molecule has 0 atom stereocenters. The zero-order chi connectivity index (χ0) is 14.0. The lowest BCUT2D eigenvalue weighted by atomic mass is 10.2. The van der Waals surface area contributed by atoms with Crippen LogP contribution in [0.1, 0.15) is 34.1 Å². The Balaban J connectivity index is 3.69.